The van der Waals surface area contributed by atoms with Crippen molar-refractivity contribution < 1.29 is 4.79 Å². The summed E-state index contributed by atoms with van der Waals surface area (Å²) >= 11 is 0. The average molecular weight is 250 g/mol. The van der Waals surface area contributed by atoms with Crippen LogP contribution in [0.5, 0.6) is 0 Å². The molecule has 0 aliphatic carbocycles. The van der Waals surface area contributed by atoms with Gasteiger partial charge >= 0.3 is 0 Å². The van der Waals surface area contributed by atoms with Crippen LogP contribution in [-0.4, -0.2) is 33.2 Å². The molecule has 2 heterocycles. The number of nitrogens with two attached hydrogens (primary N) is 1. The van der Waals surface area contributed by atoms with Crippen LogP contribution in [0.4, 0.5) is 0 Å². The van der Waals surface area contributed by atoms with Crippen LogP contribution in [0.1, 0.15) is 44.7 Å². The fourth-order valence-electron chi connectivity index (χ4n) is 2.66. The maximum Gasteiger partial charge on any atom is 0.223 e. The van der Waals surface area contributed by atoms with Gasteiger partial charge in [-0.2, -0.15) is 5.10 Å². The summed E-state index contributed by atoms with van der Waals surface area (Å²) in [6.45, 7) is 5.73. The van der Waals surface area contributed by atoms with Gasteiger partial charge in [-0.3, -0.25) is 9.48 Å². The van der Waals surface area contributed by atoms with Gasteiger partial charge in [-0.15, -0.1) is 0 Å². The number of amides is 1. The number of carbonyl (C=O) groups excluding carboxylic acids is 1. The Morgan fingerprint density at radius 2 is 2.28 bits per heavy atom. The Morgan fingerprint density at radius 1 is 1.50 bits per heavy atom. The number of aromatic nitrogens is 2. The molecule has 0 saturated carbocycles. The smallest absolute Gasteiger partial charge is 0.223 e. The molecule has 1 aromatic rings. The molecule has 1 aliphatic heterocycles. The highest BCUT2D eigenvalue weighted by Crippen LogP contribution is 2.30. The van der Waals surface area contributed by atoms with Crippen LogP contribution in [0.15, 0.2) is 12.4 Å². The van der Waals surface area contributed by atoms with Crippen molar-refractivity contribution in [3.05, 3.63) is 18.0 Å². The standard InChI is InChI=1S/C13H22N4O/c1-3-7-16-9-10(8-15-16)13-11(14)5-6-12(18)17(13)4-2/h8-9,11,13H,3-7,14H2,1-2H3. The zero-order chi connectivity index (χ0) is 13.1. The molecule has 1 aliphatic rings. The third-order valence-corrected chi connectivity index (χ3v) is 3.54. The molecule has 0 bridgehead atoms. The minimum absolute atomic E-state index is 0.0122. The summed E-state index contributed by atoms with van der Waals surface area (Å²) in [5, 5.41) is 4.33. The first kappa shape index (κ1) is 13.1. The van der Waals surface area contributed by atoms with Crippen molar-refractivity contribution >= 4 is 5.91 Å². The highest BCUT2D eigenvalue weighted by atomic mass is 16.2. The molecule has 0 spiro atoms. The fourth-order valence-corrected chi connectivity index (χ4v) is 2.66. The van der Waals surface area contributed by atoms with E-state index < -0.39 is 0 Å². The van der Waals surface area contributed by atoms with Crippen LogP contribution in [0.25, 0.3) is 0 Å². The van der Waals surface area contributed by atoms with Gasteiger partial charge < -0.3 is 10.6 Å². The number of aryl methyl sites for hydroxylation is 1. The number of nitrogens with zero attached hydrogens (tertiary/aromatic N) is 3. The molecule has 2 unspecified atom stereocenters. The van der Waals surface area contributed by atoms with Gasteiger partial charge in [-0.25, -0.2) is 0 Å². The van der Waals surface area contributed by atoms with Crippen LogP contribution in [0, 0.1) is 0 Å². The molecule has 100 valence electrons. The van der Waals surface area contributed by atoms with Crippen molar-refractivity contribution in [2.45, 2.75) is 51.7 Å². The average Bonchev–Trinajstić information content (AvgIpc) is 2.80. The van der Waals surface area contributed by atoms with E-state index in [1.807, 2.05) is 28.9 Å². The molecular weight excluding hydrogens is 228 g/mol. The van der Waals surface area contributed by atoms with E-state index in [1.54, 1.807) is 0 Å². The van der Waals surface area contributed by atoms with Crippen LogP contribution in [0.2, 0.25) is 0 Å². The van der Waals surface area contributed by atoms with Crippen LogP contribution in [0.3, 0.4) is 0 Å². The Balaban J connectivity index is 2.23. The van der Waals surface area contributed by atoms with Crippen molar-refractivity contribution in [2.24, 2.45) is 5.73 Å². The lowest BCUT2D eigenvalue weighted by Gasteiger charge is -2.38. The predicted molar refractivity (Wildman–Crippen MR) is 69.9 cm³/mol. The molecule has 2 rings (SSSR count). The summed E-state index contributed by atoms with van der Waals surface area (Å²) in [5.41, 5.74) is 7.25. The first-order chi connectivity index (χ1) is 8.67. The van der Waals surface area contributed by atoms with Crippen LogP contribution >= 0.6 is 0 Å². The van der Waals surface area contributed by atoms with E-state index in [0.29, 0.717) is 13.0 Å². The Kier molecular flexibility index (Phi) is 4.01. The maximum absolute atomic E-state index is 11.9. The Labute approximate surface area is 108 Å². The topological polar surface area (TPSA) is 64.2 Å². The molecular formula is C13H22N4O. The van der Waals surface area contributed by atoms with E-state index in [0.717, 1.165) is 24.9 Å². The van der Waals surface area contributed by atoms with Crippen LogP contribution < -0.4 is 5.73 Å². The number of hydrogen-bond acceptors (Lipinski definition) is 3. The lowest BCUT2D eigenvalue weighted by molar-refractivity contribution is -0.137. The van der Waals surface area contributed by atoms with E-state index in [9.17, 15) is 4.79 Å². The van der Waals surface area contributed by atoms with Gasteiger partial charge in [-0.1, -0.05) is 6.92 Å². The van der Waals surface area contributed by atoms with Gasteiger partial charge in [0, 0.05) is 37.3 Å². The number of rotatable bonds is 4. The minimum Gasteiger partial charge on any atom is -0.334 e. The summed E-state index contributed by atoms with van der Waals surface area (Å²) in [6, 6.07) is 0.00350. The van der Waals surface area contributed by atoms with Gasteiger partial charge in [-0.05, 0) is 19.8 Å². The Hall–Kier alpha value is -1.36. The molecule has 18 heavy (non-hydrogen) atoms. The quantitative estimate of drug-likeness (QED) is 0.876. The summed E-state index contributed by atoms with van der Waals surface area (Å²) in [5.74, 6) is 0.201. The monoisotopic (exact) mass is 250 g/mol. The fraction of sp³-hybridized carbons (Fsp3) is 0.692. The second-order valence-corrected chi connectivity index (χ2v) is 4.86. The van der Waals surface area contributed by atoms with E-state index in [4.69, 9.17) is 5.73 Å². The van der Waals surface area contributed by atoms with Gasteiger partial charge in [0.1, 0.15) is 0 Å². The zero-order valence-corrected chi connectivity index (χ0v) is 11.2. The van der Waals surface area contributed by atoms with Crippen molar-refractivity contribution in [1.82, 2.24) is 14.7 Å². The minimum atomic E-state index is -0.0122. The second kappa shape index (κ2) is 5.52. The summed E-state index contributed by atoms with van der Waals surface area (Å²) < 4.78 is 1.93. The van der Waals surface area contributed by atoms with E-state index in [2.05, 4.69) is 12.0 Å². The molecule has 1 amide bonds. The van der Waals surface area contributed by atoms with E-state index in [1.165, 1.54) is 0 Å². The highest BCUT2D eigenvalue weighted by molar-refractivity contribution is 5.77. The molecule has 5 heteroatoms. The van der Waals surface area contributed by atoms with Crippen molar-refractivity contribution in [3.8, 4) is 0 Å². The van der Waals surface area contributed by atoms with Crippen LogP contribution in [-0.2, 0) is 11.3 Å². The number of likely N-dealkylation sites (N-methyl/N-ethyl adjacent to an activating group) is 1. The maximum atomic E-state index is 11.9. The lowest BCUT2D eigenvalue weighted by atomic mass is 9.92. The third kappa shape index (κ3) is 2.41. The SMILES string of the molecule is CCCn1cc(C2C(N)CCC(=O)N2CC)cn1. The number of carbonyl (C=O) groups is 1. The van der Waals surface area contributed by atoms with Crippen molar-refractivity contribution in [3.63, 3.8) is 0 Å². The molecule has 1 aromatic heterocycles. The van der Waals surface area contributed by atoms with E-state index in [-0.39, 0.29) is 18.0 Å². The number of likely N-dealkylation sites (tertiary alicyclic amines) is 1. The molecule has 5 nitrogen and oxygen atoms in total. The Morgan fingerprint density at radius 3 is 2.94 bits per heavy atom. The number of hydrogen-bond donors (Lipinski definition) is 1. The second-order valence-electron chi connectivity index (χ2n) is 4.86. The molecule has 2 atom stereocenters. The van der Waals surface area contributed by atoms with Gasteiger partial charge in [0.25, 0.3) is 0 Å². The summed E-state index contributed by atoms with van der Waals surface area (Å²) in [4.78, 5) is 13.8. The third-order valence-electron chi connectivity index (χ3n) is 3.54. The first-order valence-electron chi connectivity index (χ1n) is 6.74. The highest BCUT2D eigenvalue weighted by Gasteiger charge is 2.34. The molecule has 1 saturated heterocycles. The summed E-state index contributed by atoms with van der Waals surface area (Å²) in [7, 11) is 0. The molecule has 1 fully saturated rings. The molecule has 2 N–H and O–H groups in total. The normalized spacial score (nSPS) is 24.6. The largest absolute Gasteiger partial charge is 0.334 e. The number of piperidine rings is 1. The van der Waals surface area contributed by atoms with Gasteiger partial charge in [0.15, 0.2) is 0 Å². The zero-order valence-electron chi connectivity index (χ0n) is 11.2. The molecule has 0 aromatic carbocycles. The first-order valence-corrected chi connectivity index (χ1v) is 6.74. The molecule has 0 radical (unpaired) electrons. The van der Waals surface area contributed by atoms with Gasteiger partial charge in [0.2, 0.25) is 5.91 Å². The van der Waals surface area contributed by atoms with E-state index >= 15 is 0 Å². The van der Waals surface area contributed by atoms with Gasteiger partial charge in [0.05, 0.1) is 12.2 Å². The van der Waals surface area contributed by atoms with Crippen molar-refractivity contribution in [1.29, 1.82) is 0 Å². The summed E-state index contributed by atoms with van der Waals surface area (Å²) in [6.07, 6.45) is 6.25. The predicted octanol–water partition coefficient (Wildman–Crippen LogP) is 1.30. The Bertz CT molecular complexity index is 415. The van der Waals surface area contributed by atoms with Crippen molar-refractivity contribution in [2.75, 3.05) is 6.54 Å². The lowest BCUT2D eigenvalue weighted by Crippen LogP contribution is -2.48.